The molecule has 3 nitrogen and oxygen atoms in total. The minimum atomic E-state index is 0.602. The summed E-state index contributed by atoms with van der Waals surface area (Å²) in [5.41, 5.74) is 1.95. The summed E-state index contributed by atoms with van der Waals surface area (Å²) in [6.07, 6.45) is 1.76. The lowest BCUT2D eigenvalue weighted by atomic mass is 10.1. The molecule has 2 rings (SSSR count). The topological polar surface area (TPSA) is 31.4 Å². The lowest BCUT2D eigenvalue weighted by Crippen LogP contribution is -2.13. The largest absolute Gasteiger partial charge is 0.492 e. The molecule has 3 radical (unpaired) electrons. The maximum absolute atomic E-state index is 5.41. The maximum atomic E-state index is 5.41. The molecule has 17 heavy (non-hydrogen) atoms. The van der Waals surface area contributed by atoms with Crippen molar-refractivity contribution in [3.63, 3.8) is 0 Å². The van der Waals surface area contributed by atoms with Gasteiger partial charge in [-0.1, -0.05) is 30.3 Å². The summed E-state index contributed by atoms with van der Waals surface area (Å²) in [4.78, 5) is 4.24. The molecule has 0 saturated carbocycles. The number of methoxy groups -OCH3 is 2. The Morgan fingerprint density at radius 1 is 1.00 bits per heavy atom. The third-order valence-corrected chi connectivity index (χ3v) is 2.84. The van der Waals surface area contributed by atoms with Crippen LogP contribution in [-0.4, -0.2) is 29.4 Å². The van der Waals surface area contributed by atoms with E-state index >= 15 is 0 Å². The van der Waals surface area contributed by atoms with Crippen molar-refractivity contribution in [1.82, 2.24) is 4.98 Å². The minimum absolute atomic E-state index is 0.602. The van der Waals surface area contributed by atoms with Crippen molar-refractivity contribution in [3.05, 3.63) is 36.5 Å². The van der Waals surface area contributed by atoms with Gasteiger partial charge in [0.25, 0.3) is 0 Å². The Morgan fingerprint density at radius 2 is 1.65 bits per heavy atom. The van der Waals surface area contributed by atoms with E-state index in [1.807, 2.05) is 30.3 Å². The second-order valence-electron chi connectivity index (χ2n) is 3.45. The molecule has 0 fully saturated rings. The summed E-state index contributed by atoms with van der Waals surface area (Å²) < 4.78 is 10.7. The third kappa shape index (κ3) is 2.17. The quantitative estimate of drug-likeness (QED) is 0.765. The lowest BCUT2D eigenvalue weighted by Gasteiger charge is -2.14. The fourth-order valence-corrected chi connectivity index (χ4v) is 1.97. The van der Waals surface area contributed by atoms with Gasteiger partial charge in [-0.2, -0.15) is 0 Å². The van der Waals surface area contributed by atoms with Crippen LogP contribution in [0.5, 0.6) is 11.5 Å². The number of pyridine rings is 1. The summed E-state index contributed by atoms with van der Waals surface area (Å²) in [6, 6.07) is 9.93. The summed E-state index contributed by atoms with van der Waals surface area (Å²) in [6.45, 7) is 0. The second-order valence-corrected chi connectivity index (χ2v) is 3.93. The first-order chi connectivity index (χ1) is 8.27. The van der Waals surface area contributed by atoms with Crippen molar-refractivity contribution in [1.29, 1.82) is 0 Å². The van der Waals surface area contributed by atoms with Crippen molar-refractivity contribution >= 4 is 15.6 Å². The maximum Gasteiger partial charge on any atom is 0.177 e. The van der Waals surface area contributed by atoms with E-state index in [4.69, 9.17) is 9.47 Å². The zero-order chi connectivity index (χ0) is 12.3. The van der Waals surface area contributed by atoms with E-state index in [0.717, 1.165) is 11.1 Å². The number of rotatable bonds is 3. The molecule has 0 aliphatic carbocycles. The fraction of sp³-hybridized carbons (Fsp3) is 0.154. The van der Waals surface area contributed by atoms with Gasteiger partial charge in [0.2, 0.25) is 0 Å². The van der Waals surface area contributed by atoms with Crippen molar-refractivity contribution in [2.24, 2.45) is 0 Å². The van der Waals surface area contributed by atoms with E-state index < -0.39 is 0 Å². The van der Waals surface area contributed by atoms with E-state index in [2.05, 4.69) is 15.2 Å². The summed E-state index contributed by atoms with van der Waals surface area (Å²) >= 11 is 0. The van der Waals surface area contributed by atoms with Crippen LogP contribution in [0.4, 0.5) is 0 Å². The SMILES string of the molecule is COc1c(-c2ccccc2)cnc([Si])c1OC. The fourth-order valence-electron chi connectivity index (χ4n) is 1.69. The van der Waals surface area contributed by atoms with Crippen LogP contribution in [0.1, 0.15) is 0 Å². The number of nitrogens with zero attached hydrogens (tertiary/aromatic N) is 1. The van der Waals surface area contributed by atoms with Gasteiger partial charge in [-0.3, -0.25) is 4.98 Å². The molecule has 85 valence electrons. The molecule has 0 aliphatic rings. The van der Waals surface area contributed by atoms with Crippen LogP contribution in [0.3, 0.4) is 0 Å². The highest BCUT2D eigenvalue weighted by Crippen LogP contribution is 2.35. The first-order valence-corrected chi connectivity index (χ1v) is 5.66. The molecular weight excluding hydrogens is 230 g/mol. The van der Waals surface area contributed by atoms with Crippen LogP contribution in [0, 0.1) is 0 Å². The number of hydrogen-bond donors (Lipinski definition) is 0. The molecule has 2 aromatic rings. The zero-order valence-corrected chi connectivity index (χ0v) is 10.7. The smallest absolute Gasteiger partial charge is 0.177 e. The highest BCUT2D eigenvalue weighted by molar-refractivity contribution is 6.33. The molecule has 1 aromatic heterocycles. The van der Waals surface area contributed by atoms with E-state index in [0.29, 0.717) is 16.8 Å². The van der Waals surface area contributed by atoms with E-state index in [1.54, 1.807) is 20.4 Å². The van der Waals surface area contributed by atoms with Gasteiger partial charge in [-0.15, -0.1) is 0 Å². The molecule has 4 heteroatoms. The summed E-state index contributed by atoms with van der Waals surface area (Å²) in [7, 11) is 6.61. The standard InChI is InChI=1S/C13H12NO2Si/c1-15-11-10(9-6-4-3-5-7-9)8-14-13(17)12(11)16-2/h3-8H,1-2H3. The third-order valence-electron chi connectivity index (χ3n) is 2.48. The molecule has 0 spiro atoms. The van der Waals surface area contributed by atoms with E-state index in [9.17, 15) is 0 Å². The molecule has 0 amide bonds. The van der Waals surface area contributed by atoms with Gasteiger partial charge in [-0.25, -0.2) is 0 Å². The Balaban J connectivity index is 2.63. The molecule has 1 aromatic carbocycles. The molecule has 0 unspecified atom stereocenters. The average Bonchev–Trinajstić information content (AvgIpc) is 2.39. The van der Waals surface area contributed by atoms with Crippen molar-refractivity contribution < 1.29 is 9.47 Å². The number of hydrogen-bond acceptors (Lipinski definition) is 3. The van der Waals surface area contributed by atoms with Gasteiger partial charge in [0.1, 0.15) is 10.2 Å². The average molecular weight is 242 g/mol. The second kappa shape index (κ2) is 5.01. The van der Waals surface area contributed by atoms with Gasteiger partial charge in [-0.05, 0) is 5.56 Å². The highest BCUT2D eigenvalue weighted by Gasteiger charge is 2.14. The minimum Gasteiger partial charge on any atom is -0.492 e. The number of aromatic nitrogens is 1. The Hall–Kier alpha value is -1.81. The Kier molecular flexibility index (Phi) is 3.44. The Labute approximate surface area is 104 Å². The normalized spacial score (nSPS) is 10.1. The van der Waals surface area contributed by atoms with Gasteiger partial charge < -0.3 is 9.47 Å². The Bertz CT molecular complexity index is 514. The summed E-state index contributed by atoms with van der Waals surface area (Å²) in [5.74, 6) is 1.28. The lowest BCUT2D eigenvalue weighted by molar-refractivity contribution is 0.357. The molecule has 0 saturated heterocycles. The van der Waals surface area contributed by atoms with Crippen LogP contribution in [0.2, 0.25) is 0 Å². The van der Waals surface area contributed by atoms with Crippen LogP contribution >= 0.6 is 0 Å². The number of benzene rings is 1. The molecule has 0 aliphatic heterocycles. The molecule has 0 bridgehead atoms. The van der Waals surface area contributed by atoms with E-state index in [-0.39, 0.29) is 0 Å². The molecule has 0 atom stereocenters. The van der Waals surface area contributed by atoms with Gasteiger partial charge in [0.15, 0.2) is 11.5 Å². The first kappa shape index (κ1) is 11.7. The van der Waals surface area contributed by atoms with Crippen LogP contribution in [0.25, 0.3) is 11.1 Å². The van der Waals surface area contributed by atoms with Crippen LogP contribution in [0.15, 0.2) is 36.5 Å². The molecular formula is C13H12NO2Si. The highest BCUT2D eigenvalue weighted by atomic mass is 28.1. The van der Waals surface area contributed by atoms with Crippen molar-refractivity contribution in [2.45, 2.75) is 0 Å². The van der Waals surface area contributed by atoms with Crippen molar-refractivity contribution in [3.8, 4) is 22.6 Å². The van der Waals surface area contributed by atoms with Crippen LogP contribution in [-0.2, 0) is 0 Å². The monoisotopic (exact) mass is 242 g/mol. The van der Waals surface area contributed by atoms with Crippen LogP contribution < -0.4 is 14.8 Å². The summed E-state index contributed by atoms with van der Waals surface area (Å²) in [5, 5.41) is 0.629. The Morgan fingerprint density at radius 3 is 2.24 bits per heavy atom. The van der Waals surface area contributed by atoms with Gasteiger partial charge >= 0.3 is 0 Å². The van der Waals surface area contributed by atoms with E-state index in [1.165, 1.54) is 0 Å². The first-order valence-electron chi connectivity index (χ1n) is 5.16. The van der Waals surface area contributed by atoms with Gasteiger partial charge in [0.05, 0.1) is 19.5 Å². The predicted molar refractivity (Wildman–Crippen MR) is 68.2 cm³/mol. The van der Waals surface area contributed by atoms with Gasteiger partial charge in [0, 0.05) is 11.8 Å². The zero-order valence-electron chi connectivity index (χ0n) is 9.73. The number of ether oxygens (including phenoxy) is 2. The molecule has 1 heterocycles. The predicted octanol–water partition coefficient (Wildman–Crippen LogP) is 1.56. The van der Waals surface area contributed by atoms with Crippen molar-refractivity contribution in [2.75, 3.05) is 14.2 Å². The molecule has 0 N–H and O–H groups in total.